The van der Waals surface area contributed by atoms with Crippen molar-refractivity contribution in [2.45, 2.75) is 52.7 Å². The first-order valence-electron chi connectivity index (χ1n) is 13.4. The van der Waals surface area contributed by atoms with Crippen molar-refractivity contribution in [3.63, 3.8) is 0 Å². The fourth-order valence-corrected chi connectivity index (χ4v) is 5.32. The molecule has 0 N–H and O–H groups in total. The average Bonchev–Trinajstić information content (AvgIpc) is 3.22. The molecule has 0 spiro atoms. The molecule has 0 saturated heterocycles. The third kappa shape index (κ3) is 4.75. The van der Waals surface area contributed by atoms with Gasteiger partial charge >= 0.3 is 5.97 Å². The van der Waals surface area contributed by atoms with Crippen LogP contribution < -0.4 is 9.55 Å². The number of likely N-dealkylation sites (N-methyl/N-ethyl adjacent to an activating group) is 1. The lowest BCUT2D eigenvalue weighted by Crippen LogP contribution is -2.39. The number of hydrogen-bond donors (Lipinski definition) is 0. The first-order valence-corrected chi connectivity index (χ1v) is 13.4. The van der Waals surface area contributed by atoms with E-state index in [-0.39, 0.29) is 6.04 Å². The Morgan fingerprint density at radius 3 is 2.51 bits per heavy atom. The summed E-state index contributed by atoms with van der Waals surface area (Å²) in [5.74, 6) is 0.978. The number of rotatable bonds is 11. The topological polar surface area (TPSA) is 64.1 Å². The Labute approximate surface area is 221 Å². The van der Waals surface area contributed by atoms with Crippen LogP contribution in [0.5, 0.6) is 5.75 Å². The molecule has 196 valence electrons. The van der Waals surface area contributed by atoms with E-state index in [1.165, 1.54) is 0 Å². The van der Waals surface area contributed by atoms with Crippen LogP contribution >= 0.6 is 0 Å². The van der Waals surface area contributed by atoms with Crippen molar-refractivity contribution < 1.29 is 19.0 Å². The first kappa shape index (κ1) is 26.8. The average molecular weight is 503 g/mol. The normalized spacial score (nSPS) is 20.7. The molecule has 37 heavy (non-hydrogen) atoms. The molecule has 7 nitrogen and oxygen atoms in total. The number of ether oxygens (including phenoxy) is 3. The van der Waals surface area contributed by atoms with Crippen LogP contribution in [-0.2, 0) is 15.1 Å². The predicted octanol–water partition coefficient (Wildman–Crippen LogP) is 4.23. The zero-order valence-corrected chi connectivity index (χ0v) is 22.9. The van der Waals surface area contributed by atoms with Gasteiger partial charge in [-0.3, -0.25) is 9.88 Å². The number of carbonyl (C=O) groups excluding carboxylic acids is 1. The molecule has 1 aliphatic heterocycles. The van der Waals surface area contributed by atoms with Crippen molar-refractivity contribution in [3.05, 3.63) is 76.8 Å². The second kappa shape index (κ2) is 11.4. The predicted molar refractivity (Wildman–Crippen MR) is 149 cm³/mol. The molecule has 2 aliphatic rings. The first-order chi connectivity index (χ1) is 17.9. The van der Waals surface area contributed by atoms with E-state index in [2.05, 4.69) is 42.6 Å². The maximum atomic E-state index is 13.3. The second-order valence-electron chi connectivity index (χ2n) is 9.20. The molecule has 0 amide bonds. The van der Waals surface area contributed by atoms with Crippen LogP contribution in [0.4, 0.5) is 5.69 Å². The van der Waals surface area contributed by atoms with Gasteiger partial charge < -0.3 is 19.0 Å². The number of pyridine rings is 1. The molecule has 0 radical (unpaired) electrons. The van der Waals surface area contributed by atoms with Crippen LogP contribution in [0.3, 0.4) is 0 Å². The second-order valence-corrected chi connectivity index (χ2v) is 9.20. The van der Waals surface area contributed by atoms with Crippen molar-refractivity contribution >= 4 is 19.6 Å². The van der Waals surface area contributed by atoms with E-state index in [1.54, 1.807) is 18.3 Å². The summed E-state index contributed by atoms with van der Waals surface area (Å²) in [6, 6.07) is 9.81. The Bertz CT molecular complexity index is 1190. The maximum Gasteiger partial charge on any atom is 0.341 e. The molecule has 8 heteroatoms. The van der Waals surface area contributed by atoms with Gasteiger partial charge in [0.05, 0.1) is 18.8 Å². The van der Waals surface area contributed by atoms with Crippen LogP contribution in [-0.4, -0.2) is 62.7 Å². The summed E-state index contributed by atoms with van der Waals surface area (Å²) in [4.78, 5) is 22.6. The number of cyclic esters (lactones) is 1. The maximum absolute atomic E-state index is 13.3. The molecule has 1 aliphatic carbocycles. The highest BCUT2D eigenvalue weighted by atomic mass is 16.6. The molecular formula is C29H38BN3O4. The quantitative estimate of drug-likeness (QED) is 0.336. The van der Waals surface area contributed by atoms with Crippen LogP contribution in [0, 0.1) is 0 Å². The number of benzene rings is 1. The third-order valence-corrected chi connectivity index (χ3v) is 7.30. The van der Waals surface area contributed by atoms with E-state index in [0.717, 1.165) is 42.9 Å². The molecule has 0 fully saturated rings. The Balaban J connectivity index is 1.97. The number of nitrogens with zero attached hydrogens (tertiary/aromatic N) is 3. The van der Waals surface area contributed by atoms with Crippen LogP contribution in [0.15, 0.2) is 60.0 Å². The van der Waals surface area contributed by atoms with Gasteiger partial charge in [0.1, 0.15) is 17.2 Å². The van der Waals surface area contributed by atoms with Gasteiger partial charge in [-0.15, -0.1) is 0 Å². The highest BCUT2D eigenvalue weighted by Crippen LogP contribution is 2.52. The minimum absolute atomic E-state index is 0.199. The van der Waals surface area contributed by atoms with Gasteiger partial charge in [0.15, 0.2) is 0 Å². The SMILES string of the molecule is BN(CC)c1ccc(C2(C3=CCC(N(CC)CC)C=C3OCC)OC(=O)c3cccnc32)c(OCC)c1. The van der Waals surface area contributed by atoms with Crippen LogP contribution in [0.2, 0.25) is 0 Å². The van der Waals surface area contributed by atoms with Gasteiger partial charge in [0, 0.05) is 41.7 Å². The number of aromatic nitrogens is 1. The Kier molecular flexibility index (Phi) is 8.27. The molecule has 2 atom stereocenters. The van der Waals surface area contributed by atoms with Crippen molar-refractivity contribution in [2.75, 3.05) is 37.7 Å². The molecule has 0 bridgehead atoms. The molecule has 2 heterocycles. The lowest BCUT2D eigenvalue weighted by atomic mass is 9.78. The largest absolute Gasteiger partial charge is 0.494 e. The molecule has 1 aromatic carbocycles. The van der Waals surface area contributed by atoms with Gasteiger partial charge in [-0.2, -0.15) is 0 Å². The number of carbonyl (C=O) groups is 1. The number of esters is 1. The van der Waals surface area contributed by atoms with Gasteiger partial charge in [-0.05, 0) is 70.6 Å². The van der Waals surface area contributed by atoms with Gasteiger partial charge in [-0.25, -0.2) is 4.79 Å². The number of fused-ring (bicyclic) bond motifs is 1. The zero-order valence-electron chi connectivity index (χ0n) is 22.9. The van der Waals surface area contributed by atoms with Crippen LogP contribution in [0.25, 0.3) is 0 Å². The van der Waals surface area contributed by atoms with E-state index >= 15 is 0 Å². The summed E-state index contributed by atoms with van der Waals surface area (Å²) < 4.78 is 18.8. The summed E-state index contributed by atoms with van der Waals surface area (Å²) in [5.41, 5.74) is 2.30. The van der Waals surface area contributed by atoms with Crippen LogP contribution in [0.1, 0.15) is 62.7 Å². The molecule has 2 aromatic rings. The summed E-state index contributed by atoms with van der Waals surface area (Å²) in [5, 5.41) is 0. The van der Waals surface area contributed by atoms with Crippen molar-refractivity contribution in [2.24, 2.45) is 0 Å². The smallest absolute Gasteiger partial charge is 0.341 e. The minimum Gasteiger partial charge on any atom is -0.494 e. The van der Waals surface area contributed by atoms with E-state index in [9.17, 15) is 4.79 Å². The van der Waals surface area contributed by atoms with Gasteiger partial charge in [0.2, 0.25) is 13.6 Å². The van der Waals surface area contributed by atoms with Gasteiger partial charge in [0.25, 0.3) is 0 Å². The standard InChI is InChI=1S/C29H38BN3O4/c1-6-32(7-2)20-13-15-23(25(18-20)35-9-4)29(27-22(28(34)37-29)12-11-17-31-27)24-16-14-21(33(30)8-3)19-26(24)36-10-5/h11-12,14-20H,6-10,13,30H2,1-5H3. The Hall–Kier alpha value is -3.26. The summed E-state index contributed by atoms with van der Waals surface area (Å²) in [6.07, 6.45) is 6.81. The monoisotopic (exact) mass is 503 g/mol. The summed E-state index contributed by atoms with van der Waals surface area (Å²) in [7, 11) is 2.04. The lowest BCUT2D eigenvalue weighted by Gasteiger charge is -2.37. The van der Waals surface area contributed by atoms with E-state index in [0.29, 0.717) is 36.0 Å². The summed E-state index contributed by atoms with van der Waals surface area (Å²) in [6.45, 7) is 14.1. The highest BCUT2D eigenvalue weighted by molar-refractivity contribution is 6.17. The lowest BCUT2D eigenvalue weighted by molar-refractivity contribution is 0.0198. The van der Waals surface area contributed by atoms with Crippen molar-refractivity contribution in [1.29, 1.82) is 0 Å². The Morgan fingerprint density at radius 1 is 1.08 bits per heavy atom. The third-order valence-electron chi connectivity index (χ3n) is 7.30. The molecule has 0 saturated carbocycles. The van der Waals surface area contributed by atoms with Crippen molar-refractivity contribution in [1.82, 2.24) is 9.88 Å². The fraction of sp³-hybridized carbons (Fsp3) is 0.448. The van der Waals surface area contributed by atoms with E-state index in [4.69, 9.17) is 19.2 Å². The number of anilines is 1. The summed E-state index contributed by atoms with van der Waals surface area (Å²) >= 11 is 0. The zero-order chi connectivity index (χ0) is 26.6. The molecule has 4 rings (SSSR count). The molecule has 1 aromatic heterocycles. The molecular weight excluding hydrogens is 465 g/mol. The van der Waals surface area contributed by atoms with E-state index < -0.39 is 11.6 Å². The number of hydrogen-bond acceptors (Lipinski definition) is 7. The minimum atomic E-state index is -1.28. The van der Waals surface area contributed by atoms with E-state index in [1.807, 2.05) is 40.0 Å². The van der Waals surface area contributed by atoms with Gasteiger partial charge in [-0.1, -0.05) is 19.9 Å². The fourth-order valence-electron chi connectivity index (χ4n) is 5.32. The molecule has 2 unspecified atom stereocenters. The highest BCUT2D eigenvalue weighted by Gasteiger charge is 2.54. The van der Waals surface area contributed by atoms with Crippen molar-refractivity contribution in [3.8, 4) is 5.75 Å². The Morgan fingerprint density at radius 2 is 1.84 bits per heavy atom.